The molecule has 2 aromatic rings. The number of halogens is 1. The predicted molar refractivity (Wildman–Crippen MR) is 75.2 cm³/mol. The van der Waals surface area contributed by atoms with Gasteiger partial charge in [-0.2, -0.15) is 0 Å². The Kier molecular flexibility index (Phi) is 4.67. The Balaban J connectivity index is 2.18. The van der Waals surface area contributed by atoms with Gasteiger partial charge in [0.15, 0.2) is 5.75 Å². The number of ether oxygens (including phenoxy) is 2. The summed E-state index contributed by atoms with van der Waals surface area (Å²) in [4.78, 5) is 21.6. The molecule has 0 aliphatic rings. The maximum absolute atomic E-state index is 13.2. The highest BCUT2D eigenvalue weighted by atomic mass is 19.1. The summed E-state index contributed by atoms with van der Waals surface area (Å²) in [5.41, 5.74) is 0.601. The van der Waals surface area contributed by atoms with Gasteiger partial charge in [-0.3, -0.25) is 10.1 Å². The number of carbonyl (C=O) groups is 1. The number of methoxy groups -OCH3 is 1. The van der Waals surface area contributed by atoms with Crippen LogP contribution in [0.15, 0.2) is 42.5 Å². The molecule has 0 N–H and O–H groups in total. The molecule has 114 valence electrons. The van der Waals surface area contributed by atoms with E-state index in [1.807, 2.05) is 0 Å². The lowest BCUT2D eigenvalue weighted by atomic mass is 10.1. The molecule has 0 atom stereocenters. The smallest absolute Gasteiger partial charge is 0.337 e. The van der Waals surface area contributed by atoms with Crippen LogP contribution in [0.5, 0.6) is 5.75 Å². The minimum Gasteiger partial charge on any atom is -0.482 e. The molecule has 22 heavy (non-hydrogen) atoms. The van der Waals surface area contributed by atoms with Crippen molar-refractivity contribution in [1.29, 1.82) is 0 Å². The van der Waals surface area contributed by atoms with Gasteiger partial charge in [0.2, 0.25) is 0 Å². The van der Waals surface area contributed by atoms with E-state index in [9.17, 15) is 19.3 Å². The molecule has 0 radical (unpaired) electrons. The van der Waals surface area contributed by atoms with Gasteiger partial charge < -0.3 is 9.47 Å². The minimum absolute atomic E-state index is 0.0465. The number of benzene rings is 2. The molecule has 2 rings (SSSR count). The summed E-state index contributed by atoms with van der Waals surface area (Å²) >= 11 is 0. The molecule has 0 saturated heterocycles. The SMILES string of the molecule is COC(=O)c1cccc(COc2cc(F)ccc2[N+](=O)[O-])c1. The van der Waals surface area contributed by atoms with Gasteiger partial charge in [-0.1, -0.05) is 12.1 Å². The molecule has 7 heteroatoms. The van der Waals surface area contributed by atoms with Crippen molar-refractivity contribution in [1.82, 2.24) is 0 Å². The summed E-state index contributed by atoms with van der Waals surface area (Å²) in [5, 5.41) is 10.9. The van der Waals surface area contributed by atoms with Gasteiger partial charge >= 0.3 is 11.7 Å². The van der Waals surface area contributed by atoms with Crippen LogP contribution in [0.4, 0.5) is 10.1 Å². The molecule has 2 aromatic carbocycles. The Morgan fingerprint density at radius 1 is 1.27 bits per heavy atom. The minimum atomic E-state index is -0.653. The molecular formula is C15H12FNO5. The van der Waals surface area contributed by atoms with Crippen LogP contribution in [0.25, 0.3) is 0 Å². The third kappa shape index (κ3) is 3.57. The summed E-state index contributed by atoms with van der Waals surface area (Å²) < 4.78 is 23.1. The van der Waals surface area contributed by atoms with Crippen LogP contribution >= 0.6 is 0 Å². The van der Waals surface area contributed by atoms with Gasteiger partial charge in [0.1, 0.15) is 12.4 Å². The zero-order chi connectivity index (χ0) is 16.1. The highest BCUT2D eigenvalue weighted by Gasteiger charge is 2.16. The molecule has 0 spiro atoms. The Hall–Kier alpha value is -2.96. The van der Waals surface area contributed by atoms with Gasteiger partial charge in [-0.05, 0) is 23.8 Å². The Bertz CT molecular complexity index is 717. The average molecular weight is 305 g/mol. The zero-order valence-electron chi connectivity index (χ0n) is 11.6. The number of nitro benzene ring substituents is 1. The van der Waals surface area contributed by atoms with E-state index in [0.29, 0.717) is 11.1 Å². The van der Waals surface area contributed by atoms with Crippen molar-refractivity contribution in [3.05, 3.63) is 69.5 Å². The second-order valence-corrected chi connectivity index (χ2v) is 4.35. The maximum Gasteiger partial charge on any atom is 0.337 e. The average Bonchev–Trinajstić information content (AvgIpc) is 2.52. The highest BCUT2D eigenvalue weighted by Crippen LogP contribution is 2.28. The first-order valence-electron chi connectivity index (χ1n) is 6.25. The van der Waals surface area contributed by atoms with Crippen LogP contribution in [0.3, 0.4) is 0 Å². The fourth-order valence-corrected chi connectivity index (χ4v) is 1.82. The number of esters is 1. The van der Waals surface area contributed by atoms with E-state index in [0.717, 1.165) is 18.2 Å². The monoisotopic (exact) mass is 305 g/mol. The number of nitrogens with zero attached hydrogens (tertiary/aromatic N) is 1. The van der Waals surface area contributed by atoms with Crippen molar-refractivity contribution >= 4 is 11.7 Å². The van der Waals surface area contributed by atoms with Crippen LogP contribution < -0.4 is 4.74 Å². The van der Waals surface area contributed by atoms with E-state index in [2.05, 4.69) is 4.74 Å². The fourth-order valence-electron chi connectivity index (χ4n) is 1.82. The van der Waals surface area contributed by atoms with Crippen molar-refractivity contribution in [2.24, 2.45) is 0 Å². The van der Waals surface area contributed by atoms with Crippen molar-refractivity contribution in [3.63, 3.8) is 0 Å². The van der Waals surface area contributed by atoms with E-state index in [1.165, 1.54) is 13.2 Å². The van der Waals surface area contributed by atoms with Gasteiger partial charge in [0.05, 0.1) is 17.6 Å². The van der Waals surface area contributed by atoms with Gasteiger partial charge in [-0.15, -0.1) is 0 Å². The Morgan fingerprint density at radius 3 is 2.73 bits per heavy atom. The molecule has 6 nitrogen and oxygen atoms in total. The van der Waals surface area contributed by atoms with Crippen LogP contribution in [0.2, 0.25) is 0 Å². The van der Waals surface area contributed by atoms with Crippen molar-refractivity contribution in [2.45, 2.75) is 6.61 Å². The van der Waals surface area contributed by atoms with Crippen LogP contribution in [0, 0.1) is 15.9 Å². The molecule has 0 amide bonds. The highest BCUT2D eigenvalue weighted by molar-refractivity contribution is 5.89. The van der Waals surface area contributed by atoms with Crippen molar-refractivity contribution in [3.8, 4) is 5.75 Å². The number of rotatable bonds is 5. The van der Waals surface area contributed by atoms with Gasteiger partial charge in [-0.25, -0.2) is 9.18 Å². The Labute approximate surface area is 125 Å². The first kappa shape index (κ1) is 15.4. The van der Waals surface area contributed by atoms with E-state index in [4.69, 9.17) is 4.74 Å². The summed E-state index contributed by atoms with van der Waals surface area (Å²) in [6.45, 7) is -0.0465. The third-order valence-corrected chi connectivity index (χ3v) is 2.86. The van der Waals surface area contributed by atoms with Crippen molar-refractivity contribution < 1.29 is 23.6 Å². The molecular weight excluding hydrogens is 293 g/mol. The maximum atomic E-state index is 13.2. The summed E-state index contributed by atoms with van der Waals surface area (Å²) in [5.74, 6) is -1.31. The third-order valence-electron chi connectivity index (χ3n) is 2.86. The van der Waals surface area contributed by atoms with E-state index < -0.39 is 16.7 Å². The van der Waals surface area contributed by atoms with E-state index in [-0.39, 0.29) is 18.0 Å². The van der Waals surface area contributed by atoms with Crippen LogP contribution in [-0.4, -0.2) is 18.0 Å². The second kappa shape index (κ2) is 6.66. The molecule has 0 aliphatic heterocycles. The van der Waals surface area contributed by atoms with Crippen LogP contribution in [-0.2, 0) is 11.3 Å². The van der Waals surface area contributed by atoms with Crippen LogP contribution in [0.1, 0.15) is 15.9 Å². The molecule has 0 bridgehead atoms. The molecule has 0 aromatic heterocycles. The summed E-state index contributed by atoms with van der Waals surface area (Å²) in [6, 6.07) is 9.39. The number of hydrogen-bond acceptors (Lipinski definition) is 5. The number of hydrogen-bond donors (Lipinski definition) is 0. The van der Waals surface area contributed by atoms with E-state index >= 15 is 0 Å². The number of nitro groups is 1. The predicted octanol–water partition coefficient (Wildman–Crippen LogP) is 3.10. The lowest BCUT2D eigenvalue weighted by Gasteiger charge is -2.08. The molecule has 0 unspecified atom stereocenters. The molecule has 0 fully saturated rings. The first-order chi connectivity index (χ1) is 10.5. The largest absolute Gasteiger partial charge is 0.482 e. The Morgan fingerprint density at radius 2 is 2.05 bits per heavy atom. The van der Waals surface area contributed by atoms with Gasteiger partial charge in [0.25, 0.3) is 0 Å². The molecule has 0 saturated carbocycles. The van der Waals surface area contributed by atoms with E-state index in [1.54, 1.807) is 18.2 Å². The topological polar surface area (TPSA) is 78.7 Å². The normalized spacial score (nSPS) is 10.1. The number of carbonyl (C=O) groups excluding carboxylic acids is 1. The lowest BCUT2D eigenvalue weighted by molar-refractivity contribution is -0.386. The quantitative estimate of drug-likeness (QED) is 0.482. The summed E-state index contributed by atoms with van der Waals surface area (Å²) in [7, 11) is 1.27. The fraction of sp³-hybridized carbons (Fsp3) is 0.133. The summed E-state index contributed by atoms with van der Waals surface area (Å²) in [6.07, 6.45) is 0. The standard InChI is InChI=1S/C15H12FNO5/c1-21-15(18)11-4-2-3-10(7-11)9-22-14-8-12(16)5-6-13(14)17(19)20/h2-8H,9H2,1H3. The lowest BCUT2D eigenvalue weighted by Crippen LogP contribution is -2.04. The zero-order valence-corrected chi connectivity index (χ0v) is 11.6. The second-order valence-electron chi connectivity index (χ2n) is 4.35. The van der Waals surface area contributed by atoms with Gasteiger partial charge in [0, 0.05) is 12.1 Å². The van der Waals surface area contributed by atoms with Crippen molar-refractivity contribution in [2.75, 3.05) is 7.11 Å². The molecule has 0 aliphatic carbocycles. The first-order valence-corrected chi connectivity index (χ1v) is 6.25. The molecule has 0 heterocycles.